The number of aryl methyl sites for hydroxylation is 2. The molecule has 5 heterocycles. The molecule has 129 heavy (non-hydrogen) atoms. The van der Waals surface area contributed by atoms with Gasteiger partial charge in [0.25, 0.3) is 0 Å². The van der Waals surface area contributed by atoms with E-state index in [1.54, 1.807) is 55.9 Å². The molecule has 1 aliphatic rings. The number of carbonyl (C=O) groups excluding carboxylic acids is 7. The quantitative estimate of drug-likeness (QED) is 0.0109. The second kappa shape index (κ2) is 57.0. The maximum Gasteiger partial charge on any atom is 0.410 e. The molecule has 0 saturated carbocycles. The van der Waals surface area contributed by atoms with E-state index >= 15 is 4.39 Å². The highest BCUT2D eigenvalue weighted by Crippen LogP contribution is 2.35. The van der Waals surface area contributed by atoms with Gasteiger partial charge < -0.3 is 114 Å². The number of imide groups is 1. The lowest BCUT2D eigenvalue weighted by Crippen LogP contribution is -2.54. The summed E-state index contributed by atoms with van der Waals surface area (Å²) in [6.45, 7) is 13.8. The zero-order valence-electron chi connectivity index (χ0n) is 73.9. The number of hydrogen-bond donors (Lipinski definition) is 8. The van der Waals surface area contributed by atoms with Crippen molar-refractivity contribution in [1.29, 1.82) is 0 Å². The average molecular weight is 1840 g/mol. The van der Waals surface area contributed by atoms with Crippen molar-refractivity contribution >= 4 is 114 Å². The van der Waals surface area contributed by atoms with Crippen LogP contribution in [0.2, 0.25) is 0 Å². The van der Waals surface area contributed by atoms with Gasteiger partial charge in [0.2, 0.25) is 29.5 Å². The van der Waals surface area contributed by atoms with Crippen LogP contribution in [0.3, 0.4) is 0 Å². The first-order valence-electron chi connectivity index (χ1n) is 42.5. The van der Waals surface area contributed by atoms with Crippen molar-refractivity contribution < 1.29 is 115 Å². The number of rotatable bonds is 64. The summed E-state index contributed by atoms with van der Waals surface area (Å²) in [4.78, 5) is 131. The number of halogens is 1. The lowest BCUT2D eigenvalue weighted by molar-refractivity contribution is -0.140. The first-order chi connectivity index (χ1) is 62.3. The Balaban J connectivity index is 0.811. The molecule has 3 atom stereocenters. The van der Waals surface area contributed by atoms with E-state index in [0.717, 1.165) is 27.2 Å². The van der Waals surface area contributed by atoms with E-state index in [1.165, 1.54) is 46.8 Å². The van der Waals surface area contributed by atoms with Crippen LogP contribution in [0.15, 0.2) is 72.9 Å². The number of amides is 8. The zero-order valence-corrected chi connectivity index (χ0v) is 75.5. The van der Waals surface area contributed by atoms with Crippen LogP contribution in [0, 0.1) is 36.4 Å². The number of nitrogens with one attached hydrogen (secondary N) is 5. The molecule has 0 aliphatic carbocycles. The van der Waals surface area contributed by atoms with Crippen LogP contribution in [0.25, 0.3) is 10.2 Å². The van der Waals surface area contributed by atoms with Crippen molar-refractivity contribution in [2.24, 2.45) is 17.6 Å². The second-order valence-electron chi connectivity index (χ2n) is 30.2. The lowest BCUT2D eigenvalue weighted by Gasteiger charge is -2.25. The molecule has 0 bridgehead atoms. The van der Waals surface area contributed by atoms with Gasteiger partial charge >= 0.3 is 24.1 Å². The van der Waals surface area contributed by atoms with Crippen molar-refractivity contribution in [3.05, 3.63) is 117 Å². The molecule has 0 radical (unpaired) electrons. The number of urea groups is 1. The Labute approximate surface area is 755 Å². The fraction of sp³-hybridized carbons (Fsp3) is 0.547. The molecule has 704 valence electrons. The number of likely N-dealkylation sites (tertiary alicyclic amines) is 1. The number of aromatic nitrogens is 7. The lowest BCUT2D eigenvalue weighted by atomic mass is 10.0. The minimum absolute atomic E-state index is 0.0115. The van der Waals surface area contributed by atoms with Crippen LogP contribution >= 0.6 is 22.7 Å². The van der Waals surface area contributed by atoms with Crippen LogP contribution < -0.4 is 42.0 Å². The number of nitrogens with two attached hydrogens (primary N) is 1. The number of fused-ring (bicyclic) bond motifs is 1. The Kier molecular flexibility index (Phi) is 45.7. The van der Waals surface area contributed by atoms with Crippen LogP contribution in [-0.4, -0.2) is 305 Å². The highest BCUT2D eigenvalue weighted by molar-refractivity contribution is 7.22. The fourth-order valence-electron chi connectivity index (χ4n) is 12.4. The van der Waals surface area contributed by atoms with Crippen LogP contribution in [0.5, 0.6) is 5.75 Å². The molecule has 3 aromatic carbocycles. The van der Waals surface area contributed by atoms with Gasteiger partial charge in [-0.3, -0.25) is 33.7 Å². The SMILES string of the molecule is Cc1cc(N(CCCN(C)C)c2nc(C(=O)O)c(CCCOc3ccc(C#CCN(C)C(=O)OCc4ccc(NC(=O)[C@H](CCCNC(N)=O)NC(=O)[C@@H](NC(=O)CCOCCN5C(=O)CC(C)C5=O)C(C)C)cc4COCc4cn(CCOCCOCCOCCOCCOCCOCCOCCOCCC(=O)O)nn4)cc3F)s2)nnc1Nc1nc2ccccc2s1. The topological polar surface area (TPSA) is 486 Å². The predicted molar refractivity (Wildman–Crippen MR) is 473 cm³/mol. The number of ether oxygens (including phenoxy) is 12. The molecule has 8 rings (SSSR count). The van der Waals surface area contributed by atoms with Crippen LogP contribution in [0.1, 0.15) is 109 Å². The van der Waals surface area contributed by atoms with Gasteiger partial charge in [0.1, 0.15) is 24.4 Å². The van der Waals surface area contributed by atoms with Gasteiger partial charge in [0, 0.05) is 55.0 Å². The van der Waals surface area contributed by atoms with E-state index in [0.29, 0.717) is 169 Å². The first kappa shape index (κ1) is 103. The van der Waals surface area contributed by atoms with Gasteiger partial charge in [0.05, 0.1) is 181 Å². The normalized spacial score (nSPS) is 13.0. The smallest absolute Gasteiger partial charge is 0.410 e. The Morgan fingerprint density at radius 2 is 1.34 bits per heavy atom. The largest absolute Gasteiger partial charge is 0.491 e. The first-order valence-corrected chi connectivity index (χ1v) is 44.1. The molecule has 4 aromatic heterocycles. The van der Waals surface area contributed by atoms with Gasteiger partial charge in [-0.25, -0.2) is 33.4 Å². The van der Waals surface area contributed by atoms with E-state index < -0.39 is 71.5 Å². The third-order valence-corrected chi connectivity index (χ3v) is 21.3. The van der Waals surface area contributed by atoms with E-state index in [2.05, 4.69) is 73.8 Å². The fourth-order valence-corrected chi connectivity index (χ4v) is 14.4. The number of benzene rings is 3. The summed E-state index contributed by atoms with van der Waals surface area (Å²) < 4.78 is 85.6. The summed E-state index contributed by atoms with van der Waals surface area (Å²) in [5.41, 5.74) is 8.83. The van der Waals surface area contributed by atoms with Crippen molar-refractivity contribution in [1.82, 2.24) is 65.8 Å². The number of anilines is 5. The minimum Gasteiger partial charge on any atom is -0.491 e. The molecule has 1 fully saturated rings. The van der Waals surface area contributed by atoms with Gasteiger partial charge in [0.15, 0.2) is 39.2 Å². The number of carboxylic acid groups (broad SMARTS) is 2. The van der Waals surface area contributed by atoms with E-state index in [4.69, 9.17) is 67.7 Å². The number of aromatic carboxylic acids is 1. The number of primary amides is 1. The maximum absolute atomic E-state index is 15.7. The number of thiazole rings is 2. The van der Waals surface area contributed by atoms with Crippen molar-refractivity contribution in [2.45, 2.75) is 118 Å². The third-order valence-electron chi connectivity index (χ3n) is 19.2. The Morgan fingerprint density at radius 3 is 1.97 bits per heavy atom. The monoisotopic (exact) mass is 1840 g/mol. The van der Waals surface area contributed by atoms with Crippen molar-refractivity contribution in [3.8, 4) is 17.6 Å². The van der Waals surface area contributed by atoms with Crippen LogP contribution in [0.4, 0.5) is 41.6 Å². The molecule has 1 unspecified atom stereocenters. The molecular formula is C86H118FN17O23S2. The Hall–Kier alpha value is -11.1. The molecule has 7 aromatic rings. The van der Waals surface area contributed by atoms with E-state index in [9.17, 15) is 48.3 Å². The van der Waals surface area contributed by atoms with Crippen molar-refractivity contribution in [2.75, 3.05) is 195 Å². The van der Waals surface area contributed by atoms with Gasteiger partial charge in [-0.2, -0.15) is 0 Å². The molecule has 8 amide bonds. The highest BCUT2D eigenvalue weighted by Gasteiger charge is 2.36. The number of aliphatic carboxylic acids is 1. The Bertz CT molecular complexity index is 4750. The molecule has 9 N–H and O–H groups in total. The molecule has 0 spiro atoms. The van der Waals surface area contributed by atoms with E-state index in [-0.39, 0.29) is 139 Å². The zero-order chi connectivity index (χ0) is 92.7. The summed E-state index contributed by atoms with van der Waals surface area (Å²) >= 11 is 2.73. The number of para-hydroxylation sites is 1. The number of carbonyl (C=O) groups is 9. The average Bonchev–Trinajstić information content (AvgIpc) is 1.66. The molecular weight excluding hydrogens is 1720 g/mol. The minimum atomic E-state index is -1.22. The predicted octanol–water partition coefficient (Wildman–Crippen LogP) is 6.88. The van der Waals surface area contributed by atoms with Gasteiger partial charge in [-0.05, 0) is 131 Å². The number of carboxylic acids is 2. The summed E-state index contributed by atoms with van der Waals surface area (Å²) in [6.07, 6.45) is 2.35. The molecule has 43 heteroatoms. The highest BCUT2D eigenvalue weighted by atomic mass is 32.1. The summed E-state index contributed by atoms with van der Waals surface area (Å²) in [5.74, 6) is 0.618. The van der Waals surface area contributed by atoms with Gasteiger partial charge in [-0.1, -0.05) is 67.4 Å². The third kappa shape index (κ3) is 37.8. The maximum atomic E-state index is 15.7. The Morgan fingerprint density at radius 1 is 0.682 bits per heavy atom. The van der Waals surface area contributed by atoms with Crippen molar-refractivity contribution in [3.63, 3.8) is 0 Å². The summed E-state index contributed by atoms with van der Waals surface area (Å²) in [5, 5.41) is 51.7. The van der Waals surface area contributed by atoms with Gasteiger partial charge in [-0.15, -0.1) is 26.6 Å². The molecule has 1 saturated heterocycles. The summed E-state index contributed by atoms with van der Waals surface area (Å²) in [6, 6.07) is 15.6. The standard InChI is InChI=1S/C86H118FN17O23S2/c1-58(2)76(93-73(105)23-32-116-35-30-104-74(106)51-60(4)81(104)111)80(110)91-68(16-10-25-89-83(88)114)79(109)90-64-21-20-62(63(53-64)55-125-57-65-54-102(99-96-65)29-34-118-37-39-120-41-43-122-45-47-124-49-48-123-46-44-121-42-40-119-38-36-117-33-24-75(107)108)56-127-86(115)101(7)27-11-14-61-19-22-69(66(87)52-61)126-31-12-18-71-77(82(112)113)94-85(129-71)103(28-13-26-100(5)6)72-50-59(3)78(98-97-72)95-84-92-67-15-8-9-17-70(67)128-84/h8-9,15,17,19-22,50,52-54,58,60,68,76H,10,12-13,16,18,23-49,51,55-57H2,1-7H3,(H,90,109)(H,91,110)(H,93,105)(H,107,108)(H,112,113)(H3,88,89,114)(H,92,95,98)/t60?,68-,76-/m0/s1. The number of nitrogens with zero attached hydrogens (tertiary/aromatic N) is 11. The van der Waals surface area contributed by atoms with Crippen LogP contribution in [-0.2, 0) is 114 Å². The van der Waals surface area contributed by atoms with E-state index in [1.807, 2.05) is 56.3 Å². The second-order valence-corrected chi connectivity index (χ2v) is 32.2. The number of hydrogen-bond acceptors (Lipinski definition) is 32. The summed E-state index contributed by atoms with van der Waals surface area (Å²) in [7, 11) is 5.41. The molecule has 1 aliphatic heterocycles. The molecule has 40 nitrogen and oxygen atoms in total.